The highest BCUT2D eigenvalue weighted by atomic mass is 15.1. The molecule has 106 valence electrons. The molecule has 2 N–H and O–H groups in total. The quantitative estimate of drug-likeness (QED) is 0.865. The lowest BCUT2D eigenvalue weighted by Gasteiger charge is -2.21. The molecule has 1 aliphatic rings. The van der Waals surface area contributed by atoms with Crippen LogP contribution in [0.5, 0.6) is 0 Å². The molecule has 1 heterocycles. The molecule has 1 saturated carbocycles. The van der Waals surface area contributed by atoms with Gasteiger partial charge in [-0.2, -0.15) is 0 Å². The van der Waals surface area contributed by atoms with Crippen LogP contribution in [0.4, 0.5) is 5.69 Å². The standard InChI is InChI=1S/C17H23N3/c1-20(11-13-5-2-3-6-13)12-14-8-9-16(18)15-7-4-10-19-17(14)15/h4,7-10,13H,2-3,5-6,11-12,18H2,1H3. The lowest BCUT2D eigenvalue weighted by Crippen LogP contribution is -2.24. The summed E-state index contributed by atoms with van der Waals surface area (Å²) in [5, 5.41) is 1.07. The first-order valence-corrected chi connectivity index (χ1v) is 7.54. The van der Waals surface area contributed by atoms with E-state index in [0.717, 1.165) is 29.1 Å². The number of nitrogens with two attached hydrogens (primary N) is 1. The zero-order chi connectivity index (χ0) is 13.9. The zero-order valence-electron chi connectivity index (χ0n) is 12.2. The second-order valence-corrected chi connectivity index (χ2v) is 6.06. The third kappa shape index (κ3) is 2.78. The number of nitrogens with zero attached hydrogens (tertiary/aromatic N) is 2. The van der Waals surface area contributed by atoms with Gasteiger partial charge in [0.05, 0.1) is 5.52 Å². The van der Waals surface area contributed by atoms with E-state index in [1.54, 1.807) is 0 Å². The Morgan fingerprint density at radius 1 is 1.25 bits per heavy atom. The molecule has 1 fully saturated rings. The van der Waals surface area contributed by atoms with Crippen LogP contribution in [0.1, 0.15) is 31.2 Å². The molecule has 3 rings (SSSR count). The molecule has 0 spiro atoms. The van der Waals surface area contributed by atoms with Gasteiger partial charge in [0.15, 0.2) is 0 Å². The number of benzene rings is 1. The molecule has 2 aromatic rings. The summed E-state index contributed by atoms with van der Waals surface area (Å²) in [5.41, 5.74) is 9.17. The topological polar surface area (TPSA) is 42.1 Å². The Kier molecular flexibility index (Phi) is 3.88. The van der Waals surface area contributed by atoms with Crippen LogP contribution in [-0.4, -0.2) is 23.5 Å². The molecule has 0 aliphatic heterocycles. The van der Waals surface area contributed by atoms with E-state index < -0.39 is 0 Å². The van der Waals surface area contributed by atoms with Crippen molar-refractivity contribution in [3.8, 4) is 0 Å². The fourth-order valence-electron chi connectivity index (χ4n) is 3.37. The Bertz CT molecular complexity index is 588. The smallest absolute Gasteiger partial charge is 0.0767 e. The third-order valence-corrected chi connectivity index (χ3v) is 4.37. The van der Waals surface area contributed by atoms with Gasteiger partial charge in [-0.05, 0) is 49.6 Å². The Morgan fingerprint density at radius 3 is 2.85 bits per heavy atom. The number of pyridine rings is 1. The molecule has 0 atom stereocenters. The highest BCUT2D eigenvalue weighted by Gasteiger charge is 2.17. The maximum absolute atomic E-state index is 6.03. The van der Waals surface area contributed by atoms with Crippen LogP contribution in [0.25, 0.3) is 10.9 Å². The lowest BCUT2D eigenvalue weighted by molar-refractivity contribution is 0.272. The number of rotatable bonds is 4. The molecule has 0 bridgehead atoms. The number of hydrogen-bond donors (Lipinski definition) is 1. The van der Waals surface area contributed by atoms with E-state index in [1.807, 2.05) is 18.3 Å². The van der Waals surface area contributed by atoms with Gasteiger partial charge in [-0.3, -0.25) is 4.98 Å². The van der Waals surface area contributed by atoms with Gasteiger partial charge in [0.25, 0.3) is 0 Å². The molecule has 0 unspecified atom stereocenters. The molecule has 1 aromatic heterocycles. The molecule has 20 heavy (non-hydrogen) atoms. The van der Waals surface area contributed by atoms with Crippen LogP contribution in [0.3, 0.4) is 0 Å². The van der Waals surface area contributed by atoms with Crippen molar-refractivity contribution in [2.45, 2.75) is 32.2 Å². The Hall–Kier alpha value is -1.61. The molecular formula is C17H23N3. The lowest BCUT2D eigenvalue weighted by atomic mass is 10.1. The Morgan fingerprint density at radius 2 is 2.05 bits per heavy atom. The summed E-state index contributed by atoms with van der Waals surface area (Å²) in [4.78, 5) is 6.95. The van der Waals surface area contributed by atoms with Crippen LogP contribution >= 0.6 is 0 Å². The fourth-order valence-corrected chi connectivity index (χ4v) is 3.37. The van der Waals surface area contributed by atoms with Crippen molar-refractivity contribution in [1.82, 2.24) is 9.88 Å². The van der Waals surface area contributed by atoms with E-state index >= 15 is 0 Å². The monoisotopic (exact) mass is 269 g/mol. The van der Waals surface area contributed by atoms with Gasteiger partial charge in [-0.15, -0.1) is 0 Å². The van der Waals surface area contributed by atoms with Gasteiger partial charge in [-0.25, -0.2) is 0 Å². The van der Waals surface area contributed by atoms with Crippen LogP contribution < -0.4 is 5.73 Å². The van der Waals surface area contributed by atoms with Crippen molar-refractivity contribution < 1.29 is 0 Å². The number of fused-ring (bicyclic) bond motifs is 1. The van der Waals surface area contributed by atoms with E-state index in [2.05, 4.69) is 29.1 Å². The normalized spacial score (nSPS) is 16.3. The molecule has 1 aliphatic carbocycles. The minimum Gasteiger partial charge on any atom is -0.398 e. The third-order valence-electron chi connectivity index (χ3n) is 4.37. The summed E-state index contributed by atoms with van der Waals surface area (Å²) in [7, 11) is 2.21. The summed E-state index contributed by atoms with van der Waals surface area (Å²) in [5.74, 6) is 0.882. The largest absolute Gasteiger partial charge is 0.398 e. The fraction of sp³-hybridized carbons (Fsp3) is 0.471. The van der Waals surface area contributed by atoms with E-state index in [9.17, 15) is 0 Å². The van der Waals surface area contributed by atoms with Gasteiger partial charge in [0, 0.05) is 30.4 Å². The van der Waals surface area contributed by atoms with E-state index in [0.29, 0.717) is 0 Å². The second-order valence-electron chi connectivity index (χ2n) is 6.06. The van der Waals surface area contributed by atoms with Gasteiger partial charge in [0.1, 0.15) is 0 Å². The van der Waals surface area contributed by atoms with Crippen molar-refractivity contribution in [3.63, 3.8) is 0 Å². The van der Waals surface area contributed by atoms with Crippen molar-refractivity contribution in [2.75, 3.05) is 19.3 Å². The van der Waals surface area contributed by atoms with Crippen molar-refractivity contribution in [1.29, 1.82) is 0 Å². The summed E-state index contributed by atoms with van der Waals surface area (Å²) < 4.78 is 0. The molecule has 0 amide bonds. The first kappa shape index (κ1) is 13.4. The molecule has 3 nitrogen and oxygen atoms in total. The number of hydrogen-bond acceptors (Lipinski definition) is 3. The maximum atomic E-state index is 6.03. The van der Waals surface area contributed by atoms with Crippen molar-refractivity contribution in [2.24, 2.45) is 5.92 Å². The highest BCUT2D eigenvalue weighted by Crippen LogP contribution is 2.27. The van der Waals surface area contributed by atoms with E-state index in [-0.39, 0.29) is 0 Å². The van der Waals surface area contributed by atoms with Crippen LogP contribution in [0, 0.1) is 5.92 Å². The molecule has 0 saturated heterocycles. The molecule has 1 aromatic carbocycles. The summed E-state index contributed by atoms with van der Waals surface area (Å²) in [6, 6.07) is 8.13. The van der Waals surface area contributed by atoms with Gasteiger partial charge in [-0.1, -0.05) is 18.9 Å². The van der Waals surface area contributed by atoms with Gasteiger partial charge >= 0.3 is 0 Å². The SMILES string of the molecule is CN(Cc1ccc(N)c2cccnc12)CC1CCCC1. The Labute approximate surface area is 120 Å². The predicted molar refractivity (Wildman–Crippen MR) is 84.4 cm³/mol. The van der Waals surface area contributed by atoms with Crippen LogP contribution in [-0.2, 0) is 6.54 Å². The van der Waals surface area contributed by atoms with Crippen molar-refractivity contribution in [3.05, 3.63) is 36.0 Å². The summed E-state index contributed by atoms with van der Waals surface area (Å²) in [6.07, 6.45) is 7.45. The van der Waals surface area contributed by atoms with E-state index in [4.69, 9.17) is 5.73 Å². The first-order chi connectivity index (χ1) is 9.74. The van der Waals surface area contributed by atoms with Gasteiger partial charge < -0.3 is 10.6 Å². The average molecular weight is 269 g/mol. The first-order valence-electron chi connectivity index (χ1n) is 7.54. The minimum atomic E-state index is 0.815. The minimum absolute atomic E-state index is 0.815. The zero-order valence-corrected chi connectivity index (χ0v) is 12.2. The van der Waals surface area contributed by atoms with E-state index in [1.165, 1.54) is 37.8 Å². The summed E-state index contributed by atoms with van der Waals surface area (Å²) in [6.45, 7) is 2.14. The predicted octanol–water partition coefficient (Wildman–Crippen LogP) is 3.44. The second kappa shape index (κ2) is 5.80. The van der Waals surface area contributed by atoms with Gasteiger partial charge in [0.2, 0.25) is 0 Å². The molecular weight excluding hydrogens is 246 g/mol. The summed E-state index contributed by atoms with van der Waals surface area (Å²) >= 11 is 0. The highest BCUT2D eigenvalue weighted by molar-refractivity contribution is 5.92. The van der Waals surface area contributed by atoms with Crippen LogP contribution in [0.15, 0.2) is 30.5 Å². The average Bonchev–Trinajstić information content (AvgIpc) is 2.95. The number of aromatic nitrogens is 1. The maximum Gasteiger partial charge on any atom is 0.0767 e. The Balaban J connectivity index is 1.78. The number of anilines is 1. The number of nitrogen functional groups attached to an aromatic ring is 1. The van der Waals surface area contributed by atoms with Crippen molar-refractivity contribution >= 4 is 16.6 Å². The molecule has 0 radical (unpaired) electrons. The molecule has 3 heteroatoms. The van der Waals surface area contributed by atoms with Crippen LogP contribution in [0.2, 0.25) is 0 Å².